The zero-order valence-corrected chi connectivity index (χ0v) is 40.5. The van der Waals surface area contributed by atoms with Crippen molar-refractivity contribution in [2.24, 2.45) is 0 Å². The summed E-state index contributed by atoms with van der Waals surface area (Å²) in [5.74, 6) is -0.427. The second-order valence-corrected chi connectivity index (χ2v) is 20.4. The van der Waals surface area contributed by atoms with E-state index in [0.29, 0.717) is 66.6 Å². The van der Waals surface area contributed by atoms with Crippen molar-refractivity contribution in [2.75, 3.05) is 11.1 Å². The van der Waals surface area contributed by atoms with E-state index in [1.165, 1.54) is 0 Å². The summed E-state index contributed by atoms with van der Waals surface area (Å²) >= 11 is 3.27. The van der Waals surface area contributed by atoms with Crippen LogP contribution in [0.25, 0.3) is 20.9 Å². The number of carbonyl (C=O) groups is 7. The Balaban J connectivity index is 0.000000153. The van der Waals surface area contributed by atoms with Crippen LogP contribution in [0.15, 0.2) is 126 Å². The molecule has 0 radical (unpaired) electrons. The Bertz CT molecular complexity index is 3200. The number of Topliss-reactive ketones (excluding diaryl/α,β-unsaturated/α-hetero) is 5. The minimum atomic E-state index is -0.942. The predicted octanol–water partition coefficient (Wildman–Crippen LogP) is 11.0. The first-order valence-corrected chi connectivity index (χ1v) is 24.5. The van der Waals surface area contributed by atoms with Gasteiger partial charge in [-0.3, -0.25) is 29.3 Å². The number of fused-ring (bicyclic) bond motifs is 3. The number of nitrogen functional groups attached to an aromatic ring is 1. The van der Waals surface area contributed by atoms with E-state index in [2.05, 4.69) is 11.4 Å². The number of nitrogens with two attached hydrogens (primary N) is 1. The van der Waals surface area contributed by atoms with E-state index in [0.717, 1.165) is 59.8 Å². The van der Waals surface area contributed by atoms with Crippen LogP contribution in [0, 0.1) is 0 Å². The number of amides is 1. The number of thiophene rings is 2. The molecule has 11 nitrogen and oxygen atoms in total. The molecule has 3 aliphatic carbocycles. The molecule has 4 N–H and O–H groups in total. The van der Waals surface area contributed by atoms with Gasteiger partial charge in [-0.15, -0.1) is 22.7 Å². The van der Waals surface area contributed by atoms with Gasteiger partial charge in [0.2, 0.25) is 0 Å². The summed E-state index contributed by atoms with van der Waals surface area (Å²) in [7, 11) is 0. The van der Waals surface area contributed by atoms with Crippen LogP contribution in [-0.4, -0.2) is 51.7 Å². The Morgan fingerprint density at radius 1 is 0.557 bits per heavy atom. The predicted molar refractivity (Wildman–Crippen MR) is 273 cm³/mol. The summed E-state index contributed by atoms with van der Waals surface area (Å²) in [5.41, 5.74) is 17.5. The van der Waals surface area contributed by atoms with Gasteiger partial charge in [0.15, 0.2) is 11.6 Å². The van der Waals surface area contributed by atoms with Gasteiger partial charge in [0.1, 0.15) is 23.0 Å². The first-order chi connectivity index (χ1) is 33.4. The Morgan fingerprint density at radius 2 is 0.986 bits per heavy atom. The SMILES string of the molecule is CC(C)(C)OC(=O)Nc1ccc(-c2cccs2)cc1CC(=O)c1ccc2c(c1)CC(=O)C2.Nc1ccc(-c2cccs2)cc1CC(=O)c1ccc2c(c1)CC(=O)C2.O=C1Cc2ccc(C(=O)O)cc2C1. The summed E-state index contributed by atoms with van der Waals surface area (Å²) in [5, 5.41) is 15.5. The molecule has 0 saturated carbocycles. The molecule has 0 spiro atoms. The van der Waals surface area contributed by atoms with Gasteiger partial charge >= 0.3 is 12.1 Å². The van der Waals surface area contributed by atoms with Gasteiger partial charge in [-0.2, -0.15) is 0 Å². The normalized spacial score (nSPS) is 13.3. The van der Waals surface area contributed by atoms with Gasteiger partial charge in [-0.1, -0.05) is 54.6 Å². The molecule has 13 heteroatoms. The van der Waals surface area contributed by atoms with Gasteiger partial charge in [0.25, 0.3) is 0 Å². The van der Waals surface area contributed by atoms with Crippen molar-refractivity contribution in [1.29, 1.82) is 0 Å². The molecule has 0 unspecified atom stereocenters. The maximum Gasteiger partial charge on any atom is 0.412 e. The van der Waals surface area contributed by atoms with Crippen molar-refractivity contribution < 1.29 is 43.4 Å². The van der Waals surface area contributed by atoms with E-state index in [1.807, 2.05) is 95.7 Å². The highest BCUT2D eigenvalue weighted by molar-refractivity contribution is 7.13. The lowest BCUT2D eigenvalue weighted by Crippen LogP contribution is -2.27. The Morgan fingerprint density at radius 3 is 1.44 bits per heavy atom. The molecule has 354 valence electrons. The molecule has 3 aliphatic rings. The molecule has 10 rings (SSSR count). The number of anilines is 2. The van der Waals surface area contributed by atoms with Gasteiger partial charge < -0.3 is 15.6 Å². The number of hydrogen-bond donors (Lipinski definition) is 3. The van der Waals surface area contributed by atoms with Crippen LogP contribution < -0.4 is 11.1 Å². The quantitative estimate of drug-likeness (QED) is 0.0879. The standard InChI is InChI=1S/C26H25NO4S.C21H17NO2S.C10H8O3/c1-26(2,3)31-25(30)27-22-9-8-18(24-5-4-10-32-24)12-20(22)15-23(29)17-7-6-16-13-21(28)14-19(16)11-17;22-19-6-5-15(21-2-1-7-25-21)9-17(19)12-20(24)14-4-3-13-10-18(23)11-16(13)8-14;11-9-4-6-1-2-7(10(12)13)3-8(6)5-9/h4-12H,13-15H2,1-3H3,(H,27,30);1-9H,10-12,22H2;1-3H,4-5H2,(H,12,13). The minimum absolute atomic E-state index is 0.0252. The van der Waals surface area contributed by atoms with Crippen molar-refractivity contribution in [3.8, 4) is 20.9 Å². The highest BCUT2D eigenvalue weighted by Crippen LogP contribution is 2.32. The van der Waals surface area contributed by atoms with Crippen molar-refractivity contribution in [3.63, 3.8) is 0 Å². The number of ketones is 5. The molecule has 0 bridgehead atoms. The van der Waals surface area contributed by atoms with Crippen LogP contribution in [0.4, 0.5) is 16.2 Å². The zero-order chi connectivity index (χ0) is 49.7. The number of ether oxygens (including phenoxy) is 1. The number of rotatable bonds is 10. The average molecular weight is 971 g/mol. The number of carboxylic acids is 1. The monoisotopic (exact) mass is 970 g/mol. The highest BCUT2D eigenvalue weighted by atomic mass is 32.1. The molecular formula is C57H50N2O9S2. The molecule has 0 atom stereocenters. The first kappa shape index (κ1) is 48.8. The molecular weight excluding hydrogens is 921 g/mol. The molecule has 1 amide bonds. The van der Waals surface area contributed by atoms with E-state index >= 15 is 0 Å². The summed E-state index contributed by atoms with van der Waals surface area (Å²) in [6.45, 7) is 5.40. The van der Waals surface area contributed by atoms with E-state index < -0.39 is 17.7 Å². The topological polar surface area (TPSA) is 187 Å². The van der Waals surface area contributed by atoms with Gasteiger partial charge in [-0.05, 0) is 148 Å². The van der Waals surface area contributed by atoms with Gasteiger partial charge in [0.05, 0.1) is 5.56 Å². The third kappa shape index (κ3) is 12.2. The second kappa shape index (κ2) is 20.9. The zero-order valence-electron chi connectivity index (χ0n) is 38.9. The lowest BCUT2D eigenvalue weighted by atomic mass is 9.97. The molecule has 0 fully saturated rings. The maximum atomic E-state index is 13.1. The summed E-state index contributed by atoms with van der Waals surface area (Å²) in [6, 6.07) is 35.5. The third-order valence-corrected chi connectivity index (χ3v) is 13.9. The van der Waals surface area contributed by atoms with Crippen molar-refractivity contribution in [3.05, 3.63) is 187 Å². The Hall–Kier alpha value is -7.61. The van der Waals surface area contributed by atoms with Crippen LogP contribution in [-0.2, 0) is 70.5 Å². The van der Waals surface area contributed by atoms with E-state index in [4.69, 9.17) is 15.6 Å². The molecule has 7 aromatic rings. The maximum absolute atomic E-state index is 13.1. The number of hydrogen-bond acceptors (Lipinski definition) is 11. The summed E-state index contributed by atoms with van der Waals surface area (Å²) in [4.78, 5) is 85.4. The molecule has 5 aromatic carbocycles. The average Bonchev–Trinajstić information content (AvgIpc) is 4.17. The van der Waals surface area contributed by atoms with Crippen LogP contribution in [0.2, 0.25) is 0 Å². The van der Waals surface area contributed by atoms with Gasteiger partial charge in [0, 0.05) is 83.6 Å². The number of carboxylic acid groups (broad SMARTS) is 1. The highest BCUT2D eigenvalue weighted by Gasteiger charge is 2.24. The Kier molecular flexibility index (Phi) is 14.6. The fourth-order valence-electron chi connectivity index (χ4n) is 8.61. The van der Waals surface area contributed by atoms with Gasteiger partial charge in [-0.25, -0.2) is 9.59 Å². The van der Waals surface area contributed by atoms with Crippen molar-refractivity contribution >= 4 is 75.0 Å². The van der Waals surface area contributed by atoms with Crippen molar-refractivity contribution in [1.82, 2.24) is 0 Å². The molecule has 2 aromatic heterocycles. The largest absolute Gasteiger partial charge is 0.478 e. The third-order valence-electron chi connectivity index (χ3n) is 12.0. The molecule has 70 heavy (non-hydrogen) atoms. The molecule has 2 heterocycles. The minimum Gasteiger partial charge on any atom is -0.478 e. The number of nitrogens with one attached hydrogen (secondary N) is 1. The molecule has 0 aliphatic heterocycles. The first-order valence-electron chi connectivity index (χ1n) is 22.7. The number of aromatic carboxylic acids is 1. The lowest BCUT2D eigenvalue weighted by Gasteiger charge is -2.20. The van der Waals surface area contributed by atoms with E-state index in [1.54, 1.807) is 67.7 Å². The Labute approximate surface area is 413 Å². The lowest BCUT2D eigenvalue weighted by molar-refractivity contribution is -0.117. The van der Waals surface area contributed by atoms with Crippen LogP contribution >= 0.6 is 22.7 Å². The summed E-state index contributed by atoms with van der Waals surface area (Å²) < 4.78 is 5.38. The number of carbonyl (C=O) groups excluding carboxylic acids is 6. The van der Waals surface area contributed by atoms with Crippen molar-refractivity contribution in [2.45, 2.75) is 77.7 Å². The van der Waals surface area contributed by atoms with Crippen LogP contribution in [0.1, 0.15) is 96.4 Å². The summed E-state index contributed by atoms with van der Waals surface area (Å²) in [6.07, 6.45) is 2.41. The van der Waals surface area contributed by atoms with E-state index in [9.17, 15) is 33.6 Å². The van der Waals surface area contributed by atoms with E-state index in [-0.39, 0.29) is 47.3 Å². The second-order valence-electron chi connectivity index (χ2n) is 18.5. The molecule has 0 saturated heterocycles. The fraction of sp³-hybridized carbons (Fsp3) is 0.211. The fourth-order valence-corrected chi connectivity index (χ4v) is 10.1. The van der Waals surface area contributed by atoms with Crippen LogP contribution in [0.3, 0.4) is 0 Å². The van der Waals surface area contributed by atoms with Crippen LogP contribution in [0.5, 0.6) is 0 Å². The smallest absolute Gasteiger partial charge is 0.412 e. The number of benzene rings is 5.